The van der Waals surface area contributed by atoms with Crippen molar-refractivity contribution in [1.82, 2.24) is 15.0 Å². The first-order valence-corrected chi connectivity index (χ1v) is 9.30. The highest BCUT2D eigenvalue weighted by Crippen LogP contribution is 2.27. The van der Waals surface area contributed by atoms with Gasteiger partial charge in [-0.1, -0.05) is 18.2 Å². The molecule has 31 heavy (non-hydrogen) atoms. The number of hydrogen-bond donors (Lipinski definition) is 0. The second-order valence-electron chi connectivity index (χ2n) is 6.45. The smallest absolute Gasteiger partial charge is 0.303 e. The number of esters is 4. The van der Waals surface area contributed by atoms with Gasteiger partial charge >= 0.3 is 23.9 Å². The summed E-state index contributed by atoms with van der Waals surface area (Å²) in [6, 6.07) is 8.93. The largest absolute Gasteiger partial charge is 0.462 e. The molecular weight excluding hydrogens is 410 g/mol. The van der Waals surface area contributed by atoms with Crippen LogP contribution in [0.2, 0.25) is 0 Å². The Morgan fingerprint density at radius 1 is 0.871 bits per heavy atom. The van der Waals surface area contributed by atoms with E-state index in [2.05, 4.69) is 10.2 Å². The minimum absolute atomic E-state index is 0.130. The van der Waals surface area contributed by atoms with Crippen molar-refractivity contribution in [2.75, 3.05) is 6.61 Å². The lowest BCUT2D eigenvalue weighted by atomic mass is 10.1. The first-order chi connectivity index (χ1) is 14.7. The first kappa shape index (κ1) is 23.5. The summed E-state index contributed by atoms with van der Waals surface area (Å²) >= 11 is 0. The number of carbonyl (C=O) groups is 4. The normalized spacial score (nSPS) is 13.4. The topological polar surface area (TPSA) is 136 Å². The molecule has 1 aromatic heterocycles. The molecule has 3 atom stereocenters. The lowest BCUT2D eigenvalue weighted by Gasteiger charge is -2.30. The Kier molecular flexibility index (Phi) is 8.24. The summed E-state index contributed by atoms with van der Waals surface area (Å²) in [5.41, 5.74) is 0.765. The molecule has 11 heteroatoms. The number of carbonyl (C=O) groups excluding carboxylic acids is 4. The molecule has 0 spiro atoms. The van der Waals surface area contributed by atoms with Crippen LogP contribution >= 0.6 is 0 Å². The molecule has 0 bridgehead atoms. The van der Waals surface area contributed by atoms with E-state index in [9.17, 15) is 19.2 Å². The average Bonchev–Trinajstić information content (AvgIpc) is 3.18. The second kappa shape index (κ2) is 10.9. The highest BCUT2D eigenvalue weighted by Gasteiger charge is 2.40. The molecule has 0 unspecified atom stereocenters. The van der Waals surface area contributed by atoms with Crippen molar-refractivity contribution in [2.45, 2.75) is 46.0 Å². The van der Waals surface area contributed by atoms with Gasteiger partial charge in [-0.2, -0.15) is 9.90 Å². The van der Waals surface area contributed by atoms with Crippen LogP contribution in [0.5, 0.6) is 0 Å². The van der Waals surface area contributed by atoms with Gasteiger partial charge in [0.05, 0.1) is 11.9 Å². The van der Waals surface area contributed by atoms with Crippen molar-refractivity contribution < 1.29 is 38.1 Å². The summed E-state index contributed by atoms with van der Waals surface area (Å²) in [7, 11) is 0. The summed E-state index contributed by atoms with van der Waals surface area (Å²) < 4.78 is 20.8. The molecule has 0 fully saturated rings. The van der Waals surface area contributed by atoms with Crippen molar-refractivity contribution in [1.29, 1.82) is 0 Å². The van der Waals surface area contributed by atoms with Crippen molar-refractivity contribution in [3.05, 3.63) is 42.2 Å². The van der Waals surface area contributed by atoms with Gasteiger partial charge in [0.15, 0.2) is 18.3 Å². The summed E-state index contributed by atoms with van der Waals surface area (Å²) in [5.74, 6) is -2.80. The van der Waals surface area contributed by atoms with Crippen LogP contribution in [-0.4, -0.2) is 57.7 Å². The molecule has 166 valence electrons. The fourth-order valence-electron chi connectivity index (χ4n) is 2.70. The molecule has 0 amide bonds. The number of rotatable bonds is 9. The summed E-state index contributed by atoms with van der Waals surface area (Å²) in [5, 5.41) is 8.46. The number of hydrogen-bond acceptors (Lipinski definition) is 10. The molecule has 2 rings (SSSR count). The molecule has 11 nitrogen and oxygen atoms in total. The third-order valence-corrected chi connectivity index (χ3v) is 3.82. The molecule has 0 aliphatic rings. The predicted octanol–water partition coefficient (Wildman–Crippen LogP) is 1.30. The van der Waals surface area contributed by atoms with Gasteiger partial charge in [0.25, 0.3) is 0 Å². The molecule has 1 heterocycles. The molecule has 0 aliphatic heterocycles. The summed E-state index contributed by atoms with van der Waals surface area (Å²) in [6.45, 7) is 4.16. The van der Waals surface area contributed by atoms with Crippen LogP contribution in [-0.2, 0) is 38.1 Å². The van der Waals surface area contributed by atoms with Crippen LogP contribution in [0.3, 0.4) is 0 Å². The zero-order valence-corrected chi connectivity index (χ0v) is 17.5. The molecule has 0 saturated carbocycles. The maximum Gasteiger partial charge on any atom is 0.303 e. The van der Waals surface area contributed by atoms with E-state index in [1.165, 1.54) is 17.9 Å². The molecular formula is C20H23N3O8. The molecule has 0 N–H and O–H groups in total. The quantitative estimate of drug-likeness (QED) is 0.420. The van der Waals surface area contributed by atoms with Gasteiger partial charge in [0, 0.05) is 27.7 Å². The number of aromatic nitrogens is 3. The average molecular weight is 433 g/mol. The Morgan fingerprint density at radius 2 is 1.48 bits per heavy atom. The van der Waals surface area contributed by atoms with Gasteiger partial charge in [0.2, 0.25) is 0 Å². The van der Waals surface area contributed by atoms with Crippen molar-refractivity contribution in [3.8, 4) is 5.69 Å². The van der Waals surface area contributed by atoms with Crippen molar-refractivity contribution in [2.24, 2.45) is 0 Å². The fraction of sp³-hybridized carbons (Fsp3) is 0.400. The Labute approximate surface area is 178 Å². The first-order valence-electron chi connectivity index (χ1n) is 9.30. The lowest BCUT2D eigenvalue weighted by molar-refractivity contribution is -0.190. The van der Waals surface area contributed by atoms with Crippen molar-refractivity contribution in [3.63, 3.8) is 0 Å². The van der Waals surface area contributed by atoms with Gasteiger partial charge < -0.3 is 18.9 Å². The summed E-state index contributed by atoms with van der Waals surface area (Å²) in [4.78, 5) is 47.8. The molecule has 0 aliphatic carbocycles. The molecule has 0 radical (unpaired) electrons. The Hall–Kier alpha value is -3.76. The highest BCUT2D eigenvalue weighted by atomic mass is 16.6. The lowest BCUT2D eigenvalue weighted by Crippen LogP contribution is -2.43. The minimum atomic E-state index is -1.36. The maximum absolute atomic E-state index is 11.8. The van der Waals surface area contributed by atoms with Crippen LogP contribution in [0.25, 0.3) is 5.69 Å². The van der Waals surface area contributed by atoms with E-state index < -0.39 is 48.8 Å². The predicted molar refractivity (Wildman–Crippen MR) is 104 cm³/mol. The second-order valence-corrected chi connectivity index (χ2v) is 6.45. The highest BCUT2D eigenvalue weighted by molar-refractivity contribution is 5.69. The van der Waals surface area contributed by atoms with Crippen LogP contribution < -0.4 is 0 Å². The number of nitrogens with zero attached hydrogens (tertiary/aromatic N) is 3. The van der Waals surface area contributed by atoms with E-state index in [0.29, 0.717) is 5.69 Å². The van der Waals surface area contributed by atoms with Gasteiger partial charge in [-0.3, -0.25) is 19.2 Å². The maximum atomic E-state index is 11.8. The number of para-hydroxylation sites is 1. The SMILES string of the molecule is CC(=O)OC[C@H](OC(C)=O)[C@@H](OC(C)=O)[C@H](OC(C)=O)c1cnn(-c2ccccc2)n1. The third-order valence-electron chi connectivity index (χ3n) is 3.82. The van der Waals surface area contributed by atoms with E-state index in [1.807, 2.05) is 6.07 Å². The van der Waals surface area contributed by atoms with Gasteiger partial charge in [-0.15, -0.1) is 5.10 Å². The standard InChI is InChI=1S/C20H23N3O8/c1-12(24)28-11-18(29-13(2)25)20(31-15(4)27)19(30-14(3)26)17-10-21-23(22-17)16-8-6-5-7-9-16/h5-10,18-20H,11H2,1-4H3/t18-,19+,20+/m0/s1. The van der Waals surface area contributed by atoms with Crippen LogP contribution in [0, 0.1) is 0 Å². The van der Waals surface area contributed by atoms with E-state index in [1.54, 1.807) is 24.3 Å². The van der Waals surface area contributed by atoms with Crippen molar-refractivity contribution >= 4 is 23.9 Å². The number of benzene rings is 1. The molecule has 0 saturated heterocycles. The Balaban J connectivity index is 2.46. The van der Waals surface area contributed by atoms with Crippen LogP contribution in [0.4, 0.5) is 0 Å². The zero-order chi connectivity index (χ0) is 23.0. The third kappa shape index (κ3) is 7.21. The van der Waals surface area contributed by atoms with Gasteiger partial charge in [0.1, 0.15) is 12.3 Å². The van der Waals surface area contributed by atoms with E-state index in [4.69, 9.17) is 18.9 Å². The fourth-order valence-corrected chi connectivity index (χ4v) is 2.70. The number of ether oxygens (including phenoxy) is 4. The Bertz CT molecular complexity index is 928. The molecule has 2 aromatic rings. The molecule has 1 aromatic carbocycles. The van der Waals surface area contributed by atoms with E-state index >= 15 is 0 Å². The minimum Gasteiger partial charge on any atom is -0.462 e. The van der Waals surface area contributed by atoms with Crippen LogP contribution in [0.15, 0.2) is 36.5 Å². The van der Waals surface area contributed by atoms with Crippen LogP contribution in [0.1, 0.15) is 39.5 Å². The summed E-state index contributed by atoms with van der Waals surface area (Å²) in [6.07, 6.45) is -2.59. The van der Waals surface area contributed by atoms with E-state index in [0.717, 1.165) is 20.8 Å². The Morgan fingerprint density at radius 3 is 2.03 bits per heavy atom. The monoisotopic (exact) mass is 433 g/mol. The van der Waals surface area contributed by atoms with E-state index in [-0.39, 0.29) is 5.69 Å². The zero-order valence-electron chi connectivity index (χ0n) is 17.5. The van der Waals surface area contributed by atoms with Gasteiger partial charge in [-0.05, 0) is 12.1 Å². The van der Waals surface area contributed by atoms with Gasteiger partial charge in [-0.25, -0.2) is 0 Å².